The Hall–Kier alpha value is -3.32. The van der Waals surface area contributed by atoms with Gasteiger partial charge in [0.25, 0.3) is 0 Å². The van der Waals surface area contributed by atoms with E-state index >= 15 is 0 Å². The second-order valence-electron chi connectivity index (χ2n) is 7.12. The third-order valence-corrected chi connectivity index (χ3v) is 5.88. The predicted octanol–water partition coefficient (Wildman–Crippen LogP) is 4.51. The van der Waals surface area contributed by atoms with Crippen LogP contribution in [0.4, 0.5) is 5.69 Å². The maximum atomic E-state index is 12.7. The third kappa shape index (κ3) is 6.33. The first-order valence-corrected chi connectivity index (χ1v) is 11.9. The van der Waals surface area contributed by atoms with Gasteiger partial charge in [-0.25, -0.2) is 8.42 Å². The Bertz CT molecular complexity index is 1090. The van der Waals surface area contributed by atoms with Gasteiger partial charge in [0, 0.05) is 0 Å². The molecule has 0 saturated heterocycles. The number of nitrogens with one attached hydrogen (secondary N) is 1. The highest BCUT2D eigenvalue weighted by atomic mass is 32.2. The van der Waals surface area contributed by atoms with Gasteiger partial charge in [-0.05, 0) is 48.4 Å². The van der Waals surface area contributed by atoms with Gasteiger partial charge in [0.1, 0.15) is 18.0 Å². The zero-order valence-electron chi connectivity index (χ0n) is 17.6. The Balaban J connectivity index is 1.72. The highest BCUT2D eigenvalue weighted by Gasteiger charge is 2.22. The van der Waals surface area contributed by atoms with Gasteiger partial charge in [0.15, 0.2) is 0 Å². The molecule has 6 nitrogen and oxygen atoms in total. The standard InChI is InChI=1S/C24H26N2O4S/c1-3-23(19-10-6-4-7-11-19)25-24(27)18-26(31(2,28)29)20-14-16-22(17-15-20)30-21-12-8-5-9-13-21/h4-17,23H,3,18H2,1-2H3,(H,25,27)/t23-/m0/s1. The Kier molecular flexibility index (Phi) is 7.31. The van der Waals surface area contributed by atoms with Crippen molar-refractivity contribution in [1.82, 2.24) is 5.32 Å². The summed E-state index contributed by atoms with van der Waals surface area (Å²) in [6.07, 6.45) is 1.78. The fourth-order valence-corrected chi connectivity index (χ4v) is 4.04. The molecule has 1 N–H and O–H groups in total. The molecule has 0 aliphatic carbocycles. The summed E-state index contributed by atoms with van der Waals surface area (Å²) in [5, 5.41) is 2.93. The van der Waals surface area contributed by atoms with E-state index in [9.17, 15) is 13.2 Å². The molecule has 1 amide bonds. The number of anilines is 1. The maximum Gasteiger partial charge on any atom is 0.241 e. The van der Waals surface area contributed by atoms with E-state index in [1.807, 2.05) is 67.6 Å². The summed E-state index contributed by atoms with van der Waals surface area (Å²) in [5.74, 6) is 0.884. The van der Waals surface area contributed by atoms with Crippen molar-refractivity contribution in [3.63, 3.8) is 0 Å². The SMILES string of the molecule is CC[C@H](NC(=O)CN(c1ccc(Oc2ccccc2)cc1)S(C)(=O)=O)c1ccccc1. The highest BCUT2D eigenvalue weighted by molar-refractivity contribution is 7.92. The molecule has 0 heterocycles. The lowest BCUT2D eigenvalue weighted by atomic mass is 10.0. The van der Waals surface area contributed by atoms with Crippen LogP contribution in [0.3, 0.4) is 0 Å². The highest BCUT2D eigenvalue weighted by Crippen LogP contribution is 2.25. The predicted molar refractivity (Wildman–Crippen MR) is 123 cm³/mol. The molecule has 1 atom stereocenters. The lowest BCUT2D eigenvalue weighted by Crippen LogP contribution is -2.41. The number of rotatable bonds is 9. The lowest BCUT2D eigenvalue weighted by Gasteiger charge is -2.24. The molecule has 3 aromatic carbocycles. The summed E-state index contributed by atoms with van der Waals surface area (Å²) >= 11 is 0. The van der Waals surface area contributed by atoms with Gasteiger partial charge in [-0.1, -0.05) is 55.5 Å². The molecule has 3 rings (SSSR count). The molecule has 7 heteroatoms. The molecule has 31 heavy (non-hydrogen) atoms. The number of para-hydroxylation sites is 1. The van der Waals surface area contributed by atoms with Crippen LogP contribution >= 0.6 is 0 Å². The number of carbonyl (C=O) groups is 1. The van der Waals surface area contributed by atoms with Crippen LogP contribution in [0.2, 0.25) is 0 Å². The number of nitrogens with zero attached hydrogens (tertiary/aromatic N) is 1. The van der Waals surface area contributed by atoms with Crippen molar-refractivity contribution < 1.29 is 17.9 Å². The average molecular weight is 439 g/mol. The fraction of sp³-hybridized carbons (Fsp3) is 0.208. The summed E-state index contributed by atoms with van der Waals surface area (Å²) in [6, 6.07) is 25.3. The van der Waals surface area contributed by atoms with Crippen molar-refractivity contribution in [3.8, 4) is 11.5 Å². The Morgan fingerprint density at radius 3 is 2.00 bits per heavy atom. The fourth-order valence-electron chi connectivity index (χ4n) is 3.18. The minimum atomic E-state index is -3.66. The van der Waals surface area contributed by atoms with Crippen molar-refractivity contribution >= 4 is 21.6 Å². The normalized spacial score (nSPS) is 12.1. The minimum absolute atomic E-state index is 0.184. The average Bonchev–Trinajstić information content (AvgIpc) is 2.77. The molecular formula is C24H26N2O4S. The lowest BCUT2D eigenvalue weighted by molar-refractivity contribution is -0.120. The summed E-state index contributed by atoms with van der Waals surface area (Å²) in [5.41, 5.74) is 1.37. The number of sulfonamides is 1. The summed E-state index contributed by atoms with van der Waals surface area (Å²) in [4.78, 5) is 12.7. The number of ether oxygens (including phenoxy) is 1. The summed E-state index contributed by atoms with van der Waals surface area (Å²) in [7, 11) is -3.66. The van der Waals surface area contributed by atoms with Crippen molar-refractivity contribution in [1.29, 1.82) is 0 Å². The van der Waals surface area contributed by atoms with Crippen molar-refractivity contribution in [3.05, 3.63) is 90.5 Å². The van der Waals surface area contributed by atoms with Crippen LogP contribution in [-0.4, -0.2) is 27.1 Å². The largest absolute Gasteiger partial charge is 0.457 e. The first kappa shape index (κ1) is 22.4. The molecule has 0 bridgehead atoms. The van der Waals surface area contributed by atoms with E-state index in [0.29, 0.717) is 23.6 Å². The molecule has 0 spiro atoms. The monoisotopic (exact) mass is 438 g/mol. The van der Waals surface area contributed by atoms with Crippen LogP contribution in [0.15, 0.2) is 84.9 Å². The Labute approximate surface area is 183 Å². The van der Waals surface area contributed by atoms with E-state index in [-0.39, 0.29) is 18.5 Å². The Morgan fingerprint density at radius 1 is 0.903 bits per heavy atom. The van der Waals surface area contributed by atoms with Gasteiger partial charge in [0.2, 0.25) is 15.9 Å². The molecule has 3 aromatic rings. The molecule has 0 radical (unpaired) electrons. The van der Waals surface area contributed by atoms with E-state index in [1.165, 1.54) is 0 Å². The molecular weight excluding hydrogens is 412 g/mol. The van der Waals surface area contributed by atoms with Crippen LogP contribution in [0.5, 0.6) is 11.5 Å². The number of amides is 1. The van der Waals surface area contributed by atoms with Crippen molar-refractivity contribution in [2.24, 2.45) is 0 Å². The smallest absolute Gasteiger partial charge is 0.241 e. The van der Waals surface area contributed by atoms with Crippen LogP contribution < -0.4 is 14.4 Å². The van der Waals surface area contributed by atoms with Crippen LogP contribution in [-0.2, 0) is 14.8 Å². The van der Waals surface area contributed by atoms with Crippen molar-refractivity contribution in [2.75, 3.05) is 17.1 Å². The molecule has 0 aliphatic heterocycles. The third-order valence-electron chi connectivity index (χ3n) is 4.74. The first-order valence-electron chi connectivity index (χ1n) is 10.0. The van der Waals surface area contributed by atoms with E-state index in [1.54, 1.807) is 24.3 Å². The van der Waals surface area contributed by atoms with E-state index in [0.717, 1.165) is 16.1 Å². The van der Waals surface area contributed by atoms with Crippen LogP contribution in [0.1, 0.15) is 24.9 Å². The first-order chi connectivity index (χ1) is 14.9. The summed E-state index contributed by atoms with van der Waals surface area (Å²) < 4.78 is 31.6. The van der Waals surface area contributed by atoms with Gasteiger partial charge < -0.3 is 10.1 Å². The van der Waals surface area contributed by atoms with Gasteiger partial charge in [0.05, 0.1) is 18.0 Å². The Morgan fingerprint density at radius 2 is 1.45 bits per heavy atom. The number of carbonyl (C=O) groups excluding carboxylic acids is 1. The quantitative estimate of drug-likeness (QED) is 0.533. The second-order valence-corrected chi connectivity index (χ2v) is 9.02. The number of hydrogen-bond acceptors (Lipinski definition) is 4. The zero-order valence-corrected chi connectivity index (χ0v) is 18.4. The second kappa shape index (κ2) is 10.1. The van der Waals surface area contributed by atoms with Gasteiger partial charge >= 0.3 is 0 Å². The molecule has 0 fully saturated rings. The topological polar surface area (TPSA) is 75.7 Å². The molecule has 162 valence electrons. The van der Waals surface area contributed by atoms with Gasteiger partial charge in [-0.2, -0.15) is 0 Å². The molecule has 0 aliphatic rings. The van der Waals surface area contributed by atoms with E-state index in [4.69, 9.17) is 4.74 Å². The molecule has 0 saturated carbocycles. The van der Waals surface area contributed by atoms with Gasteiger partial charge in [-0.3, -0.25) is 9.10 Å². The van der Waals surface area contributed by atoms with Crippen molar-refractivity contribution in [2.45, 2.75) is 19.4 Å². The van der Waals surface area contributed by atoms with Crippen LogP contribution in [0.25, 0.3) is 0 Å². The number of benzene rings is 3. The molecule has 0 aromatic heterocycles. The zero-order chi connectivity index (χ0) is 22.3. The molecule has 0 unspecified atom stereocenters. The van der Waals surface area contributed by atoms with Crippen LogP contribution in [0, 0.1) is 0 Å². The maximum absolute atomic E-state index is 12.7. The van der Waals surface area contributed by atoms with E-state index in [2.05, 4.69) is 5.32 Å². The summed E-state index contributed by atoms with van der Waals surface area (Å²) in [6.45, 7) is 1.67. The van der Waals surface area contributed by atoms with E-state index < -0.39 is 10.0 Å². The minimum Gasteiger partial charge on any atom is -0.457 e. The number of hydrogen-bond donors (Lipinski definition) is 1. The van der Waals surface area contributed by atoms with Gasteiger partial charge in [-0.15, -0.1) is 0 Å².